The lowest BCUT2D eigenvalue weighted by atomic mass is 10.2. The van der Waals surface area contributed by atoms with Crippen molar-refractivity contribution in [2.45, 2.75) is 3.79 Å². The van der Waals surface area contributed by atoms with Gasteiger partial charge in [-0.3, -0.25) is 0 Å². The molecule has 1 heterocycles. The number of hydrogen-bond acceptors (Lipinski definition) is 4. The van der Waals surface area contributed by atoms with Crippen LogP contribution in [0.4, 0.5) is 11.5 Å². The summed E-state index contributed by atoms with van der Waals surface area (Å²) in [4.78, 5) is 8.68. The summed E-state index contributed by atoms with van der Waals surface area (Å²) in [5.74, 6) is 1.34. The van der Waals surface area contributed by atoms with Gasteiger partial charge in [0.25, 0.3) is 0 Å². The third-order valence-corrected chi connectivity index (χ3v) is 3.72. The van der Waals surface area contributed by atoms with E-state index in [9.17, 15) is 0 Å². The van der Waals surface area contributed by atoms with E-state index in [0.717, 1.165) is 11.1 Å². The molecule has 0 radical (unpaired) electrons. The first-order chi connectivity index (χ1) is 11.0. The molecule has 3 aromatic rings. The first-order valence-corrected chi connectivity index (χ1v) is 7.86. The molecule has 4 nitrogen and oxygen atoms in total. The zero-order valence-corrected chi connectivity index (χ0v) is 14.3. The smallest absolute Gasteiger partial charge is 0.250 e. The second-order valence-corrected chi connectivity index (χ2v) is 7.02. The molecule has 0 bridgehead atoms. The summed E-state index contributed by atoms with van der Waals surface area (Å²) in [7, 11) is 1.60. The van der Waals surface area contributed by atoms with Gasteiger partial charge in [-0.15, -0.1) is 0 Å². The van der Waals surface area contributed by atoms with Gasteiger partial charge in [0.2, 0.25) is 3.79 Å². The third-order valence-electron chi connectivity index (χ3n) is 3.22. The highest BCUT2D eigenvalue weighted by Crippen LogP contribution is 2.38. The third kappa shape index (κ3) is 3.44. The molecule has 2 aromatic carbocycles. The van der Waals surface area contributed by atoms with Crippen LogP contribution in [-0.2, 0) is 3.79 Å². The fourth-order valence-electron chi connectivity index (χ4n) is 2.17. The number of halogens is 3. The van der Waals surface area contributed by atoms with Gasteiger partial charge in [0.05, 0.1) is 18.3 Å². The van der Waals surface area contributed by atoms with E-state index in [1.807, 2.05) is 48.5 Å². The topological polar surface area (TPSA) is 47.0 Å². The molecule has 1 aromatic heterocycles. The summed E-state index contributed by atoms with van der Waals surface area (Å²) < 4.78 is 3.64. The Morgan fingerprint density at radius 1 is 0.957 bits per heavy atom. The lowest BCUT2D eigenvalue weighted by Crippen LogP contribution is -2.10. The van der Waals surface area contributed by atoms with Crippen molar-refractivity contribution in [3.63, 3.8) is 0 Å². The number of para-hydroxylation sites is 3. The summed E-state index contributed by atoms with van der Waals surface area (Å²) in [6.45, 7) is 0. The molecule has 1 N–H and O–H groups in total. The maximum atomic E-state index is 5.95. The van der Waals surface area contributed by atoms with Crippen LogP contribution in [-0.4, -0.2) is 17.1 Å². The highest BCUT2D eigenvalue weighted by molar-refractivity contribution is 6.66. The number of rotatable bonds is 3. The molecule has 0 saturated heterocycles. The molecule has 118 valence electrons. The van der Waals surface area contributed by atoms with Crippen LogP contribution >= 0.6 is 34.8 Å². The number of aromatic nitrogens is 2. The van der Waals surface area contributed by atoms with E-state index < -0.39 is 3.79 Å². The van der Waals surface area contributed by atoms with Gasteiger partial charge in [-0.05, 0) is 24.3 Å². The second-order valence-electron chi connectivity index (χ2n) is 4.74. The van der Waals surface area contributed by atoms with Crippen molar-refractivity contribution in [3.05, 3.63) is 54.4 Å². The van der Waals surface area contributed by atoms with Crippen LogP contribution in [0.2, 0.25) is 0 Å². The van der Waals surface area contributed by atoms with Crippen molar-refractivity contribution < 1.29 is 4.74 Å². The van der Waals surface area contributed by atoms with Gasteiger partial charge in [-0.1, -0.05) is 59.1 Å². The standard InChI is InChI=1S/C16H12Cl3N3O/c1-23-13-9-5-4-8-12(13)20-14-10-6-2-3-7-11(10)21-15(22-14)16(17,18)19/h2-9H,1H3,(H,20,21,22). The molecule has 0 unspecified atom stereocenters. The molecule has 7 heteroatoms. The van der Waals surface area contributed by atoms with E-state index >= 15 is 0 Å². The van der Waals surface area contributed by atoms with Gasteiger partial charge in [-0.25, -0.2) is 9.97 Å². The van der Waals surface area contributed by atoms with Crippen molar-refractivity contribution in [1.29, 1.82) is 0 Å². The van der Waals surface area contributed by atoms with E-state index in [1.165, 1.54) is 0 Å². The van der Waals surface area contributed by atoms with Crippen molar-refractivity contribution in [2.75, 3.05) is 12.4 Å². The average molecular weight is 369 g/mol. The maximum Gasteiger partial charge on any atom is 0.250 e. The predicted molar refractivity (Wildman–Crippen MR) is 95.1 cm³/mol. The van der Waals surface area contributed by atoms with E-state index in [4.69, 9.17) is 39.5 Å². The van der Waals surface area contributed by atoms with E-state index in [-0.39, 0.29) is 5.82 Å². The molecule has 0 amide bonds. The van der Waals surface area contributed by atoms with Crippen molar-refractivity contribution >= 4 is 57.2 Å². The van der Waals surface area contributed by atoms with Gasteiger partial charge in [0, 0.05) is 5.39 Å². The minimum Gasteiger partial charge on any atom is -0.495 e. The van der Waals surface area contributed by atoms with Crippen LogP contribution in [0.25, 0.3) is 10.9 Å². The van der Waals surface area contributed by atoms with Gasteiger partial charge >= 0.3 is 0 Å². The molecule has 0 fully saturated rings. The van der Waals surface area contributed by atoms with Gasteiger partial charge < -0.3 is 10.1 Å². The van der Waals surface area contributed by atoms with Crippen molar-refractivity contribution in [2.24, 2.45) is 0 Å². The number of nitrogens with zero attached hydrogens (tertiary/aromatic N) is 2. The highest BCUT2D eigenvalue weighted by atomic mass is 35.6. The molecular weight excluding hydrogens is 357 g/mol. The molecule has 23 heavy (non-hydrogen) atoms. The van der Waals surface area contributed by atoms with Gasteiger partial charge in [0.15, 0.2) is 5.82 Å². The Hall–Kier alpha value is -1.75. The predicted octanol–water partition coefficient (Wildman–Crippen LogP) is 5.21. The normalized spacial score (nSPS) is 11.5. The SMILES string of the molecule is COc1ccccc1Nc1nc(C(Cl)(Cl)Cl)nc2ccccc12. The Kier molecular flexibility index (Phi) is 4.48. The number of fused-ring (bicyclic) bond motifs is 1. The largest absolute Gasteiger partial charge is 0.495 e. The molecule has 0 aliphatic heterocycles. The van der Waals surface area contributed by atoms with Crippen molar-refractivity contribution in [3.8, 4) is 5.75 Å². The highest BCUT2D eigenvalue weighted by Gasteiger charge is 2.28. The van der Waals surface area contributed by atoms with Crippen LogP contribution in [0, 0.1) is 0 Å². The molecule has 3 rings (SSSR count). The fourth-order valence-corrected chi connectivity index (χ4v) is 2.43. The maximum absolute atomic E-state index is 5.95. The minimum absolute atomic E-state index is 0.110. The number of alkyl halides is 3. The second kappa shape index (κ2) is 6.40. The van der Waals surface area contributed by atoms with Crippen LogP contribution in [0.15, 0.2) is 48.5 Å². The minimum atomic E-state index is -1.71. The van der Waals surface area contributed by atoms with Crippen molar-refractivity contribution in [1.82, 2.24) is 9.97 Å². The Morgan fingerprint density at radius 3 is 2.39 bits per heavy atom. The molecule has 0 aliphatic carbocycles. The lowest BCUT2D eigenvalue weighted by Gasteiger charge is -2.15. The first-order valence-electron chi connectivity index (χ1n) is 6.73. The Morgan fingerprint density at radius 2 is 1.65 bits per heavy atom. The monoisotopic (exact) mass is 367 g/mol. The number of ether oxygens (including phenoxy) is 1. The van der Waals surface area contributed by atoms with Gasteiger partial charge in [0.1, 0.15) is 11.6 Å². The Bertz CT molecular complexity index is 849. The zero-order chi connectivity index (χ0) is 16.4. The molecule has 0 aliphatic rings. The fraction of sp³-hybridized carbons (Fsp3) is 0.125. The number of hydrogen-bond donors (Lipinski definition) is 1. The zero-order valence-electron chi connectivity index (χ0n) is 12.1. The Balaban J connectivity index is 2.15. The van der Waals surface area contributed by atoms with Gasteiger partial charge in [-0.2, -0.15) is 0 Å². The first kappa shape index (κ1) is 16.1. The molecule has 0 atom stereocenters. The van der Waals surface area contributed by atoms with Crippen LogP contribution in [0.1, 0.15) is 5.82 Å². The van der Waals surface area contributed by atoms with E-state index in [2.05, 4.69) is 15.3 Å². The number of anilines is 2. The number of benzene rings is 2. The van der Waals surface area contributed by atoms with E-state index in [1.54, 1.807) is 7.11 Å². The van der Waals surface area contributed by atoms with Crippen LogP contribution in [0.5, 0.6) is 5.75 Å². The van der Waals surface area contributed by atoms with Crippen LogP contribution < -0.4 is 10.1 Å². The summed E-state index contributed by atoms with van der Waals surface area (Å²) in [6, 6.07) is 15.0. The molecule has 0 saturated carbocycles. The summed E-state index contributed by atoms with van der Waals surface area (Å²) >= 11 is 17.8. The molecule has 0 spiro atoms. The Labute approximate surface area is 148 Å². The van der Waals surface area contributed by atoms with E-state index in [0.29, 0.717) is 17.1 Å². The summed E-state index contributed by atoms with van der Waals surface area (Å²) in [5, 5.41) is 4.04. The molecular formula is C16H12Cl3N3O. The number of methoxy groups -OCH3 is 1. The summed E-state index contributed by atoms with van der Waals surface area (Å²) in [5.41, 5.74) is 1.44. The average Bonchev–Trinajstić information content (AvgIpc) is 2.54. The summed E-state index contributed by atoms with van der Waals surface area (Å²) in [6.07, 6.45) is 0. The lowest BCUT2D eigenvalue weighted by molar-refractivity contribution is 0.417. The quantitative estimate of drug-likeness (QED) is 0.645. The van der Waals surface area contributed by atoms with Crippen LogP contribution in [0.3, 0.4) is 0 Å². The number of nitrogens with one attached hydrogen (secondary N) is 1.